The van der Waals surface area contributed by atoms with Crippen LogP contribution in [0.2, 0.25) is 0 Å². The van der Waals surface area contributed by atoms with E-state index >= 15 is 0 Å². The first-order valence-corrected chi connectivity index (χ1v) is 10.3. The van der Waals surface area contributed by atoms with Crippen molar-refractivity contribution >= 4 is 28.1 Å². The highest BCUT2D eigenvalue weighted by Crippen LogP contribution is 2.35. The van der Waals surface area contributed by atoms with E-state index in [9.17, 15) is 17.2 Å². The quantitative estimate of drug-likeness (QED) is 0.835. The van der Waals surface area contributed by atoms with Gasteiger partial charge >= 0.3 is 0 Å². The van der Waals surface area contributed by atoms with Gasteiger partial charge in [0.05, 0.1) is 11.4 Å². The summed E-state index contributed by atoms with van der Waals surface area (Å²) in [5, 5.41) is 3.33. The third kappa shape index (κ3) is 3.56. The van der Waals surface area contributed by atoms with Gasteiger partial charge in [-0.15, -0.1) is 12.4 Å². The zero-order chi connectivity index (χ0) is 17.7. The second-order valence-electron chi connectivity index (χ2n) is 7.18. The maximum Gasteiger partial charge on any atom is 0.261 e. The van der Waals surface area contributed by atoms with Gasteiger partial charge in [0, 0.05) is 37.8 Å². The topological polar surface area (TPSA) is 52.7 Å². The molecular formula is C17H24ClF2N3O2S. The molecule has 9 heteroatoms. The van der Waals surface area contributed by atoms with E-state index in [0.717, 1.165) is 48.0 Å². The Balaban J connectivity index is 0.00000196. The number of nitrogens with one attached hydrogen (secondary N) is 1. The molecule has 5 nitrogen and oxygen atoms in total. The van der Waals surface area contributed by atoms with Crippen molar-refractivity contribution in [3.05, 3.63) is 23.8 Å². The molecule has 26 heavy (non-hydrogen) atoms. The third-order valence-corrected chi connectivity index (χ3v) is 7.30. The molecule has 2 fully saturated rings. The van der Waals surface area contributed by atoms with E-state index in [1.54, 1.807) is 12.1 Å². The van der Waals surface area contributed by atoms with Crippen molar-refractivity contribution in [3.8, 4) is 0 Å². The predicted molar refractivity (Wildman–Crippen MR) is 99.0 cm³/mol. The molecule has 0 amide bonds. The highest BCUT2D eigenvalue weighted by Gasteiger charge is 2.41. The molecule has 0 radical (unpaired) electrons. The molecule has 146 valence electrons. The first-order chi connectivity index (χ1) is 11.9. The lowest BCUT2D eigenvalue weighted by Crippen LogP contribution is -2.45. The highest BCUT2D eigenvalue weighted by molar-refractivity contribution is 7.89. The van der Waals surface area contributed by atoms with Crippen LogP contribution in [-0.4, -0.2) is 57.4 Å². The van der Waals surface area contributed by atoms with Crippen molar-refractivity contribution in [2.24, 2.45) is 0 Å². The number of fused-ring (bicyclic) bond motifs is 1. The number of anilines is 1. The number of rotatable bonds is 3. The van der Waals surface area contributed by atoms with Gasteiger partial charge in [0.15, 0.2) is 0 Å². The predicted octanol–water partition coefficient (Wildman–Crippen LogP) is 2.25. The molecule has 2 saturated heterocycles. The average molecular weight is 408 g/mol. The van der Waals surface area contributed by atoms with E-state index in [1.807, 2.05) is 6.07 Å². The second-order valence-corrected chi connectivity index (χ2v) is 9.12. The standard InChI is InChI=1S/C17H23F2N3O2S.ClH/c18-17(19)6-1-8-21(12-17)25(23,24)15-3-2-13-5-9-22(16(13)10-15)14-4-7-20-11-14;/h2-3,10,14,20H,1,4-9,11-12H2;1H. The molecule has 1 aromatic rings. The van der Waals surface area contributed by atoms with Crippen molar-refractivity contribution in [1.82, 2.24) is 9.62 Å². The lowest BCUT2D eigenvalue weighted by atomic mass is 10.1. The molecule has 1 N–H and O–H groups in total. The molecule has 0 aromatic heterocycles. The van der Waals surface area contributed by atoms with Crippen molar-refractivity contribution in [2.45, 2.75) is 42.5 Å². The monoisotopic (exact) mass is 407 g/mol. The number of alkyl halides is 2. The lowest BCUT2D eigenvalue weighted by Gasteiger charge is -2.32. The molecule has 3 aliphatic heterocycles. The zero-order valence-corrected chi connectivity index (χ0v) is 16.1. The SMILES string of the molecule is Cl.O=S(=O)(c1ccc2c(c1)N(C1CCNC1)CC2)N1CCCC(F)(F)C1. The third-order valence-electron chi connectivity index (χ3n) is 5.46. The van der Waals surface area contributed by atoms with Crippen LogP contribution in [0.3, 0.4) is 0 Å². The molecule has 4 rings (SSSR count). The zero-order valence-electron chi connectivity index (χ0n) is 14.5. The number of sulfonamides is 1. The van der Waals surface area contributed by atoms with Crippen LogP contribution in [0.4, 0.5) is 14.5 Å². The molecule has 3 heterocycles. The lowest BCUT2D eigenvalue weighted by molar-refractivity contribution is -0.0434. The fraction of sp³-hybridized carbons (Fsp3) is 0.647. The van der Waals surface area contributed by atoms with E-state index < -0.39 is 22.5 Å². The normalized spacial score (nSPS) is 25.8. The Morgan fingerprint density at radius 1 is 1.23 bits per heavy atom. The summed E-state index contributed by atoms with van der Waals surface area (Å²) < 4.78 is 54.0. The first kappa shape index (κ1) is 19.8. The van der Waals surface area contributed by atoms with Gasteiger partial charge in [0.2, 0.25) is 10.0 Å². The average Bonchev–Trinajstić information content (AvgIpc) is 3.22. The summed E-state index contributed by atoms with van der Waals surface area (Å²) in [7, 11) is -3.89. The summed E-state index contributed by atoms with van der Waals surface area (Å²) >= 11 is 0. The molecule has 0 bridgehead atoms. The summed E-state index contributed by atoms with van der Waals surface area (Å²) in [5.41, 5.74) is 2.08. The van der Waals surface area contributed by atoms with Gasteiger partial charge in [-0.25, -0.2) is 17.2 Å². The smallest absolute Gasteiger partial charge is 0.261 e. The van der Waals surface area contributed by atoms with E-state index in [4.69, 9.17) is 0 Å². The Morgan fingerprint density at radius 2 is 2.04 bits per heavy atom. The number of hydrogen-bond acceptors (Lipinski definition) is 4. The van der Waals surface area contributed by atoms with E-state index in [-0.39, 0.29) is 36.7 Å². The van der Waals surface area contributed by atoms with Gasteiger partial charge in [-0.3, -0.25) is 0 Å². The number of hydrogen-bond donors (Lipinski definition) is 1. The van der Waals surface area contributed by atoms with Gasteiger partial charge in [0.1, 0.15) is 0 Å². The molecule has 1 unspecified atom stereocenters. The number of benzene rings is 1. The maximum atomic E-state index is 13.7. The summed E-state index contributed by atoms with van der Waals surface area (Å²) in [5.74, 6) is -2.94. The van der Waals surface area contributed by atoms with Crippen LogP contribution in [0.5, 0.6) is 0 Å². The van der Waals surface area contributed by atoms with Crippen molar-refractivity contribution in [2.75, 3.05) is 37.6 Å². The molecular weight excluding hydrogens is 384 g/mol. The Hall–Kier alpha value is -0.960. The number of piperidine rings is 1. The Bertz CT molecular complexity index is 769. The van der Waals surface area contributed by atoms with Crippen molar-refractivity contribution in [3.63, 3.8) is 0 Å². The minimum atomic E-state index is -3.89. The minimum Gasteiger partial charge on any atom is -0.367 e. The van der Waals surface area contributed by atoms with Gasteiger partial charge in [-0.2, -0.15) is 4.31 Å². The van der Waals surface area contributed by atoms with Gasteiger partial charge in [-0.05, 0) is 43.5 Å². The van der Waals surface area contributed by atoms with Crippen molar-refractivity contribution in [1.29, 1.82) is 0 Å². The second kappa shape index (κ2) is 7.22. The van der Waals surface area contributed by atoms with Crippen molar-refractivity contribution < 1.29 is 17.2 Å². The highest BCUT2D eigenvalue weighted by atomic mass is 35.5. The summed E-state index contributed by atoms with van der Waals surface area (Å²) in [6.07, 6.45) is 1.88. The molecule has 0 saturated carbocycles. The van der Waals surface area contributed by atoms with Crippen LogP contribution < -0.4 is 10.2 Å². The molecule has 3 aliphatic rings. The summed E-state index contributed by atoms with van der Waals surface area (Å²) in [4.78, 5) is 2.39. The van der Waals surface area contributed by atoms with Crippen LogP contribution in [0.25, 0.3) is 0 Å². The largest absolute Gasteiger partial charge is 0.367 e. The van der Waals surface area contributed by atoms with Crippen LogP contribution in [0, 0.1) is 0 Å². The molecule has 1 atom stereocenters. The fourth-order valence-electron chi connectivity index (χ4n) is 4.11. The minimum absolute atomic E-state index is 0. The summed E-state index contributed by atoms with van der Waals surface area (Å²) in [6.45, 7) is 2.19. The van der Waals surface area contributed by atoms with Crippen LogP contribution >= 0.6 is 12.4 Å². The maximum absolute atomic E-state index is 13.7. The van der Waals surface area contributed by atoms with E-state index in [2.05, 4.69) is 10.2 Å². The van der Waals surface area contributed by atoms with Gasteiger partial charge in [0.25, 0.3) is 5.92 Å². The Morgan fingerprint density at radius 3 is 2.73 bits per heavy atom. The molecule has 0 aliphatic carbocycles. The number of nitrogens with zero attached hydrogens (tertiary/aromatic N) is 2. The van der Waals surface area contributed by atoms with Gasteiger partial charge < -0.3 is 10.2 Å². The molecule has 0 spiro atoms. The van der Waals surface area contributed by atoms with Gasteiger partial charge in [-0.1, -0.05) is 6.07 Å². The van der Waals surface area contributed by atoms with Crippen LogP contribution in [0.15, 0.2) is 23.1 Å². The fourth-order valence-corrected chi connectivity index (χ4v) is 5.64. The summed E-state index contributed by atoms with van der Waals surface area (Å²) in [6, 6.07) is 5.46. The Kier molecular flexibility index (Phi) is 5.50. The molecule has 1 aromatic carbocycles. The number of halogens is 3. The Labute approximate surface area is 159 Å². The van der Waals surface area contributed by atoms with Crippen LogP contribution in [-0.2, 0) is 16.4 Å². The van der Waals surface area contributed by atoms with Crippen LogP contribution in [0.1, 0.15) is 24.8 Å². The van der Waals surface area contributed by atoms with E-state index in [0.29, 0.717) is 6.04 Å². The first-order valence-electron chi connectivity index (χ1n) is 8.85. The van der Waals surface area contributed by atoms with E-state index in [1.165, 1.54) is 0 Å².